The summed E-state index contributed by atoms with van der Waals surface area (Å²) < 4.78 is 5.74. The van der Waals surface area contributed by atoms with E-state index in [-0.39, 0.29) is 0 Å². The van der Waals surface area contributed by atoms with Gasteiger partial charge in [0.15, 0.2) is 0 Å². The number of hydrogen-bond acceptors (Lipinski definition) is 4. The van der Waals surface area contributed by atoms with Crippen molar-refractivity contribution in [3.8, 4) is 0 Å². The molecule has 0 saturated carbocycles. The lowest BCUT2D eigenvalue weighted by Gasteiger charge is -2.17. The topological polar surface area (TPSA) is 65.6 Å². The highest BCUT2D eigenvalue weighted by Crippen LogP contribution is 2.31. The molecule has 3 N–H and O–H groups in total. The van der Waals surface area contributed by atoms with E-state index < -0.39 is 12.2 Å². The zero-order valence-electron chi connectivity index (χ0n) is 11.2. The number of rotatable bonds is 4. The van der Waals surface area contributed by atoms with Crippen molar-refractivity contribution in [3.05, 3.63) is 48.0 Å². The van der Waals surface area contributed by atoms with Crippen molar-refractivity contribution >= 4 is 21.9 Å². The second-order valence-electron chi connectivity index (χ2n) is 4.92. The number of fused-ring (bicyclic) bond motifs is 3. The van der Waals surface area contributed by atoms with Crippen LogP contribution in [0.2, 0.25) is 0 Å². The third-order valence-electron chi connectivity index (χ3n) is 3.52. The van der Waals surface area contributed by atoms with E-state index in [0.717, 1.165) is 21.9 Å². The van der Waals surface area contributed by atoms with Gasteiger partial charge in [0, 0.05) is 17.3 Å². The smallest absolute Gasteiger partial charge is 0.135 e. The fourth-order valence-electron chi connectivity index (χ4n) is 2.47. The van der Waals surface area contributed by atoms with E-state index in [2.05, 4.69) is 5.32 Å². The number of hydrogen-bond donors (Lipinski definition) is 3. The molecule has 104 valence electrons. The molecule has 1 heterocycles. The molecule has 0 aliphatic carbocycles. The number of aliphatic hydroxyl groups excluding tert-OH is 2. The molecule has 0 bridgehead atoms. The summed E-state index contributed by atoms with van der Waals surface area (Å²) >= 11 is 0. The summed E-state index contributed by atoms with van der Waals surface area (Å²) in [5.74, 6) is 0. The van der Waals surface area contributed by atoms with Crippen molar-refractivity contribution in [2.24, 2.45) is 0 Å². The predicted octanol–water partition coefficient (Wildman–Crippen LogP) is 2.20. The summed E-state index contributed by atoms with van der Waals surface area (Å²) in [6.45, 7) is 0.339. The Labute approximate surface area is 116 Å². The molecule has 3 aromatic rings. The van der Waals surface area contributed by atoms with Gasteiger partial charge in [0.1, 0.15) is 17.3 Å². The predicted molar refractivity (Wildman–Crippen MR) is 78.6 cm³/mol. The Kier molecular flexibility index (Phi) is 3.44. The molecule has 2 unspecified atom stereocenters. The van der Waals surface area contributed by atoms with Crippen LogP contribution in [-0.4, -0.2) is 29.9 Å². The number of benzene rings is 2. The number of para-hydroxylation sites is 1. The van der Waals surface area contributed by atoms with Gasteiger partial charge in [0.2, 0.25) is 0 Å². The van der Waals surface area contributed by atoms with Crippen LogP contribution in [0, 0.1) is 0 Å². The molecule has 0 spiro atoms. The molecule has 0 radical (unpaired) electrons. The van der Waals surface area contributed by atoms with Crippen LogP contribution in [0.1, 0.15) is 11.7 Å². The average molecular weight is 271 g/mol. The maximum absolute atomic E-state index is 10.2. The maximum Gasteiger partial charge on any atom is 0.135 e. The normalized spacial score (nSPS) is 14.8. The van der Waals surface area contributed by atoms with Crippen LogP contribution in [0.3, 0.4) is 0 Å². The molecule has 0 aliphatic rings. The molecule has 2 aromatic carbocycles. The number of furan rings is 1. The molecule has 1 aromatic heterocycles. The van der Waals surface area contributed by atoms with Crippen LogP contribution in [0.4, 0.5) is 0 Å². The van der Waals surface area contributed by atoms with E-state index >= 15 is 0 Å². The van der Waals surface area contributed by atoms with E-state index in [4.69, 9.17) is 4.42 Å². The molecule has 2 atom stereocenters. The summed E-state index contributed by atoms with van der Waals surface area (Å²) in [6.07, 6.45) is -1.75. The summed E-state index contributed by atoms with van der Waals surface area (Å²) in [6, 6.07) is 13.3. The number of nitrogens with one attached hydrogen (secondary N) is 1. The fraction of sp³-hybridized carbons (Fsp3) is 0.250. The zero-order chi connectivity index (χ0) is 14.1. The van der Waals surface area contributed by atoms with Crippen molar-refractivity contribution in [2.75, 3.05) is 13.6 Å². The van der Waals surface area contributed by atoms with Crippen molar-refractivity contribution < 1.29 is 14.6 Å². The van der Waals surface area contributed by atoms with Gasteiger partial charge < -0.3 is 19.9 Å². The zero-order valence-corrected chi connectivity index (χ0v) is 11.2. The van der Waals surface area contributed by atoms with Gasteiger partial charge in [-0.25, -0.2) is 0 Å². The molecule has 0 amide bonds. The highest BCUT2D eigenvalue weighted by Gasteiger charge is 2.18. The molecule has 20 heavy (non-hydrogen) atoms. The van der Waals surface area contributed by atoms with E-state index in [1.54, 1.807) is 13.1 Å². The van der Waals surface area contributed by atoms with Gasteiger partial charge in [-0.3, -0.25) is 0 Å². The first-order valence-electron chi connectivity index (χ1n) is 6.62. The van der Waals surface area contributed by atoms with Gasteiger partial charge in [-0.2, -0.15) is 0 Å². The number of likely N-dealkylation sites (N-methyl/N-ethyl adjacent to an activating group) is 1. The largest absolute Gasteiger partial charge is 0.456 e. The van der Waals surface area contributed by atoms with Crippen LogP contribution in [0.5, 0.6) is 0 Å². The monoisotopic (exact) mass is 271 g/mol. The standard InChI is InChI=1S/C16H17NO3/c1-17-9-13(18)16(19)10-6-7-15-12(8-10)11-4-2-3-5-14(11)20-15/h2-8,13,16-19H,9H2,1H3. The lowest BCUT2D eigenvalue weighted by atomic mass is 10.0. The van der Waals surface area contributed by atoms with Gasteiger partial charge in [0.05, 0.1) is 6.10 Å². The molecule has 0 aliphatic heterocycles. The summed E-state index contributed by atoms with van der Waals surface area (Å²) in [5.41, 5.74) is 2.29. The van der Waals surface area contributed by atoms with Crippen LogP contribution >= 0.6 is 0 Å². The van der Waals surface area contributed by atoms with Gasteiger partial charge in [0.25, 0.3) is 0 Å². The summed E-state index contributed by atoms with van der Waals surface area (Å²) in [7, 11) is 1.74. The van der Waals surface area contributed by atoms with Crippen molar-refractivity contribution in [2.45, 2.75) is 12.2 Å². The Balaban J connectivity index is 2.07. The van der Waals surface area contributed by atoms with E-state index in [1.165, 1.54) is 0 Å². The Morgan fingerprint density at radius 3 is 2.60 bits per heavy atom. The highest BCUT2D eigenvalue weighted by molar-refractivity contribution is 6.04. The second-order valence-corrected chi connectivity index (χ2v) is 4.92. The molecule has 3 rings (SSSR count). The highest BCUT2D eigenvalue weighted by atomic mass is 16.3. The minimum Gasteiger partial charge on any atom is -0.456 e. The third kappa shape index (κ3) is 2.18. The minimum atomic E-state index is -0.916. The van der Waals surface area contributed by atoms with Crippen LogP contribution < -0.4 is 5.32 Å². The van der Waals surface area contributed by atoms with Crippen LogP contribution in [0.25, 0.3) is 21.9 Å². The van der Waals surface area contributed by atoms with Crippen molar-refractivity contribution in [1.29, 1.82) is 0 Å². The first-order chi connectivity index (χ1) is 9.70. The summed E-state index contributed by atoms with van der Waals surface area (Å²) in [5, 5.41) is 24.9. The van der Waals surface area contributed by atoms with E-state index in [1.807, 2.05) is 36.4 Å². The molecule has 0 saturated heterocycles. The van der Waals surface area contributed by atoms with Crippen LogP contribution in [-0.2, 0) is 0 Å². The Hall–Kier alpha value is -1.88. The first kappa shape index (κ1) is 13.1. The lowest BCUT2D eigenvalue weighted by molar-refractivity contribution is 0.0203. The quantitative estimate of drug-likeness (QED) is 0.680. The minimum absolute atomic E-state index is 0.339. The Bertz CT molecular complexity index is 735. The number of aliphatic hydroxyl groups is 2. The van der Waals surface area contributed by atoms with Gasteiger partial charge in [-0.1, -0.05) is 24.3 Å². The Morgan fingerprint density at radius 2 is 1.80 bits per heavy atom. The van der Waals surface area contributed by atoms with Crippen molar-refractivity contribution in [3.63, 3.8) is 0 Å². The molecule has 4 nitrogen and oxygen atoms in total. The average Bonchev–Trinajstić information content (AvgIpc) is 2.84. The fourth-order valence-corrected chi connectivity index (χ4v) is 2.47. The van der Waals surface area contributed by atoms with Crippen molar-refractivity contribution in [1.82, 2.24) is 5.32 Å². The molecular formula is C16H17NO3. The molecular weight excluding hydrogens is 254 g/mol. The molecule has 0 fully saturated rings. The Morgan fingerprint density at radius 1 is 1.05 bits per heavy atom. The third-order valence-corrected chi connectivity index (χ3v) is 3.52. The maximum atomic E-state index is 10.2. The van der Waals surface area contributed by atoms with Crippen LogP contribution in [0.15, 0.2) is 46.9 Å². The van der Waals surface area contributed by atoms with E-state index in [0.29, 0.717) is 12.1 Å². The van der Waals surface area contributed by atoms with E-state index in [9.17, 15) is 10.2 Å². The second kappa shape index (κ2) is 5.25. The lowest BCUT2D eigenvalue weighted by Crippen LogP contribution is -2.29. The SMILES string of the molecule is CNCC(O)C(O)c1ccc2oc3ccccc3c2c1. The van der Waals surface area contributed by atoms with Gasteiger partial charge in [-0.15, -0.1) is 0 Å². The van der Waals surface area contributed by atoms with Gasteiger partial charge in [-0.05, 0) is 30.8 Å². The summed E-state index contributed by atoms with van der Waals surface area (Å²) in [4.78, 5) is 0. The first-order valence-corrected chi connectivity index (χ1v) is 6.62. The molecule has 4 heteroatoms. The van der Waals surface area contributed by atoms with Gasteiger partial charge >= 0.3 is 0 Å².